The van der Waals surface area contributed by atoms with Crippen molar-refractivity contribution in [2.75, 3.05) is 6.61 Å². The summed E-state index contributed by atoms with van der Waals surface area (Å²) in [5.41, 5.74) is 8.18. The van der Waals surface area contributed by atoms with Crippen LogP contribution in [0.3, 0.4) is 0 Å². The van der Waals surface area contributed by atoms with E-state index in [0.29, 0.717) is 6.42 Å². The molecule has 0 aromatic heterocycles. The molecule has 0 fully saturated rings. The van der Waals surface area contributed by atoms with Gasteiger partial charge in [-0.3, -0.25) is 0 Å². The molecule has 1 aliphatic rings. The molecule has 1 unspecified atom stereocenters. The van der Waals surface area contributed by atoms with Crippen LogP contribution in [0.25, 0.3) is 0 Å². The van der Waals surface area contributed by atoms with Crippen LogP contribution in [0.4, 0.5) is 0 Å². The van der Waals surface area contributed by atoms with Gasteiger partial charge in [-0.05, 0) is 54.7 Å². The van der Waals surface area contributed by atoms with Crippen molar-refractivity contribution in [1.29, 1.82) is 0 Å². The molecule has 0 spiro atoms. The lowest BCUT2D eigenvalue weighted by molar-refractivity contribution is 0.181. The molecular formula is C17H19NO2. The first-order valence-corrected chi connectivity index (χ1v) is 6.93. The molecule has 3 N–H and O–H groups in total. The van der Waals surface area contributed by atoms with Crippen LogP contribution in [-0.4, -0.2) is 17.3 Å². The van der Waals surface area contributed by atoms with Crippen LogP contribution in [-0.2, 0) is 12.8 Å². The smallest absolute Gasteiger partial charge is 0.127 e. The third-order valence-electron chi connectivity index (χ3n) is 3.91. The maximum Gasteiger partial charge on any atom is 0.127 e. The van der Waals surface area contributed by atoms with Gasteiger partial charge in [0.2, 0.25) is 0 Å². The van der Waals surface area contributed by atoms with Gasteiger partial charge >= 0.3 is 0 Å². The molecular weight excluding hydrogens is 250 g/mol. The number of hydrogen-bond acceptors (Lipinski definition) is 3. The Morgan fingerprint density at radius 3 is 2.60 bits per heavy atom. The van der Waals surface area contributed by atoms with Gasteiger partial charge in [-0.25, -0.2) is 0 Å². The summed E-state index contributed by atoms with van der Waals surface area (Å²) in [6.45, 7) is 0.0240. The zero-order valence-corrected chi connectivity index (χ0v) is 11.4. The minimum atomic E-state index is -0.488. The summed E-state index contributed by atoms with van der Waals surface area (Å²) in [6.07, 6.45) is 2.44. The number of fused-ring (bicyclic) bond motifs is 1. The van der Waals surface area contributed by atoms with Gasteiger partial charge in [-0.15, -0.1) is 0 Å². The van der Waals surface area contributed by atoms with Crippen molar-refractivity contribution in [3.8, 4) is 11.5 Å². The number of hydrogen-bond donors (Lipinski definition) is 2. The van der Waals surface area contributed by atoms with Crippen molar-refractivity contribution < 1.29 is 9.84 Å². The van der Waals surface area contributed by atoms with Gasteiger partial charge in [0.05, 0.1) is 6.61 Å². The lowest BCUT2D eigenvalue weighted by atomic mass is 9.79. The van der Waals surface area contributed by atoms with E-state index in [1.165, 1.54) is 11.1 Å². The predicted molar refractivity (Wildman–Crippen MR) is 79.0 cm³/mol. The zero-order chi connectivity index (χ0) is 14.0. The molecule has 0 heterocycles. The molecule has 2 aromatic carbocycles. The molecule has 104 valence electrons. The molecule has 0 radical (unpaired) electrons. The molecule has 20 heavy (non-hydrogen) atoms. The number of para-hydroxylation sites is 1. The Kier molecular flexibility index (Phi) is 3.47. The van der Waals surface area contributed by atoms with Gasteiger partial charge in [0.25, 0.3) is 0 Å². The molecule has 3 rings (SSSR count). The summed E-state index contributed by atoms with van der Waals surface area (Å²) in [4.78, 5) is 0. The molecule has 0 saturated carbocycles. The van der Waals surface area contributed by atoms with Crippen molar-refractivity contribution in [1.82, 2.24) is 0 Å². The summed E-state index contributed by atoms with van der Waals surface area (Å²) in [6, 6.07) is 15.9. The van der Waals surface area contributed by atoms with E-state index >= 15 is 0 Å². The highest BCUT2D eigenvalue weighted by Crippen LogP contribution is 2.31. The van der Waals surface area contributed by atoms with E-state index in [2.05, 4.69) is 6.07 Å². The van der Waals surface area contributed by atoms with Crippen LogP contribution in [0.15, 0.2) is 48.5 Å². The average Bonchev–Trinajstić information content (AvgIpc) is 2.48. The summed E-state index contributed by atoms with van der Waals surface area (Å²) in [7, 11) is 0. The Bertz CT molecular complexity index is 597. The lowest BCUT2D eigenvalue weighted by Crippen LogP contribution is -2.48. The van der Waals surface area contributed by atoms with E-state index < -0.39 is 5.54 Å². The first-order valence-electron chi connectivity index (χ1n) is 6.93. The minimum absolute atomic E-state index is 0.0240. The van der Waals surface area contributed by atoms with Crippen molar-refractivity contribution in [3.63, 3.8) is 0 Å². The third-order valence-corrected chi connectivity index (χ3v) is 3.91. The second kappa shape index (κ2) is 5.27. The molecule has 0 aliphatic heterocycles. The fourth-order valence-corrected chi connectivity index (χ4v) is 2.69. The monoisotopic (exact) mass is 269 g/mol. The molecule has 1 aliphatic carbocycles. The molecule has 3 nitrogen and oxygen atoms in total. The SMILES string of the molecule is NC1(CO)CCc2ccc(Oc3ccccc3)cc2C1. The average molecular weight is 269 g/mol. The Labute approximate surface area is 119 Å². The Hall–Kier alpha value is -1.84. The van der Waals surface area contributed by atoms with Crippen LogP contribution in [0, 0.1) is 0 Å². The van der Waals surface area contributed by atoms with Crippen LogP contribution in [0.1, 0.15) is 17.5 Å². The minimum Gasteiger partial charge on any atom is -0.457 e. The number of aliphatic hydroxyl groups excluding tert-OH is 1. The summed E-state index contributed by atoms with van der Waals surface area (Å²) in [5, 5.41) is 9.42. The molecule has 1 atom stereocenters. The van der Waals surface area contributed by atoms with Gasteiger partial charge in [0.1, 0.15) is 11.5 Å². The number of ether oxygens (including phenoxy) is 1. The maximum atomic E-state index is 9.42. The van der Waals surface area contributed by atoms with Gasteiger partial charge in [-0.1, -0.05) is 24.3 Å². The van der Waals surface area contributed by atoms with Crippen molar-refractivity contribution in [2.24, 2.45) is 5.73 Å². The highest BCUT2D eigenvalue weighted by molar-refractivity contribution is 5.41. The number of nitrogens with two attached hydrogens (primary N) is 1. The molecule has 0 bridgehead atoms. The van der Waals surface area contributed by atoms with Crippen LogP contribution >= 0.6 is 0 Å². The molecule has 0 saturated heterocycles. The number of rotatable bonds is 3. The van der Waals surface area contributed by atoms with E-state index in [0.717, 1.165) is 24.3 Å². The Morgan fingerprint density at radius 1 is 1.05 bits per heavy atom. The van der Waals surface area contributed by atoms with Crippen LogP contribution in [0.2, 0.25) is 0 Å². The van der Waals surface area contributed by atoms with Gasteiger partial charge in [0.15, 0.2) is 0 Å². The van der Waals surface area contributed by atoms with E-state index in [9.17, 15) is 5.11 Å². The number of aliphatic hydroxyl groups is 1. The zero-order valence-electron chi connectivity index (χ0n) is 11.4. The normalized spacial score (nSPS) is 21.3. The third kappa shape index (κ3) is 2.69. The number of aryl methyl sites for hydroxylation is 1. The van der Waals surface area contributed by atoms with E-state index in [1.807, 2.05) is 42.5 Å². The topological polar surface area (TPSA) is 55.5 Å². The Balaban J connectivity index is 1.84. The van der Waals surface area contributed by atoms with E-state index in [4.69, 9.17) is 10.5 Å². The van der Waals surface area contributed by atoms with Gasteiger partial charge < -0.3 is 15.6 Å². The number of benzene rings is 2. The predicted octanol–water partition coefficient (Wildman–Crippen LogP) is 2.66. The van der Waals surface area contributed by atoms with Crippen molar-refractivity contribution >= 4 is 0 Å². The fraction of sp³-hybridized carbons (Fsp3) is 0.294. The molecule has 2 aromatic rings. The van der Waals surface area contributed by atoms with Gasteiger partial charge in [-0.2, -0.15) is 0 Å². The molecule has 3 heteroatoms. The highest BCUT2D eigenvalue weighted by Gasteiger charge is 2.29. The fourth-order valence-electron chi connectivity index (χ4n) is 2.69. The van der Waals surface area contributed by atoms with Crippen LogP contribution < -0.4 is 10.5 Å². The second-order valence-electron chi connectivity index (χ2n) is 5.54. The second-order valence-corrected chi connectivity index (χ2v) is 5.54. The van der Waals surface area contributed by atoms with Crippen LogP contribution in [0.5, 0.6) is 11.5 Å². The largest absolute Gasteiger partial charge is 0.457 e. The maximum absolute atomic E-state index is 9.42. The van der Waals surface area contributed by atoms with E-state index in [-0.39, 0.29) is 6.61 Å². The highest BCUT2D eigenvalue weighted by atomic mass is 16.5. The van der Waals surface area contributed by atoms with Crippen molar-refractivity contribution in [2.45, 2.75) is 24.8 Å². The van der Waals surface area contributed by atoms with E-state index in [1.54, 1.807) is 0 Å². The van der Waals surface area contributed by atoms with Gasteiger partial charge in [0, 0.05) is 5.54 Å². The first kappa shape index (κ1) is 13.2. The quantitative estimate of drug-likeness (QED) is 0.900. The lowest BCUT2D eigenvalue weighted by Gasteiger charge is -2.33. The summed E-state index contributed by atoms with van der Waals surface area (Å²) < 4.78 is 5.84. The molecule has 0 amide bonds. The Morgan fingerprint density at radius 2 is 1.85 bits per heavy atom. The summed E-state index contributed by atoms with van der Waals surface area (Å²) in [5.74, 6) is 1.64. The van der Waals surface area contributed by atoms with Crippen molar-refractivity contribution in [3.05, 3.63) is 59.7 Å². The standard InChI is InChI=1S/C17H19NO2/c18-17(12-19)9-8-13-6-7-16(10-14(13)11-17)20-15-4-2-1-3-5-15/h1-7,10,19H,8-9,11-12,18H2. The summed E-state index contributed by atoms with van der Waals surface area (Å²) >= 11 is 0. The first-order chi connectivity index (χ1) is 9.68.